The number of thiocarbonyl (C=S) groups is 1. The number of benzene rings is 1. The quantitative estimate of drug-likeness (QED) is 0.492. The van der Waals surface area contributed by atoms with Gasteiger partial charge < -0.3 is 15.1 Å². The van der Waals surface area contributed by atoms with Crippen molar-refractivity contribution >= 4 is 40.0 Å². The van der Waals surface area contributed by atoms with Crippen LogP contribution >= 0.6 is 23.6 Å². The molecule has 0 radical (unpaired) electrons. The molecule has 2 aromatic rings. The van der Waals surface area contributed by atoms with Crippen molar-refractivity contribution < 1.29 is 9.82 Å². The number of hydrogen-bond donors (Lipinski definition) is 2. The highest BCUT2D eigenvalue weighted by atomic mass is 32.1. The third-order valence-corrected chi connectivity index (χ3v) is 5.21. The maximum atomic E-state index is 10.7. The van der Waals surface area contributed by atoms with Crippen molar-refractivity contribution in [1.29, 1.82) is 0 Å². The van der Waals surface area contributed by atoms with Gasteiger partial charge in [0.1, 0.15) is 6.54 Å². The van der Waals surface area contributed by atoms with Crippen LogP contribution in [0, 0.1) is 10.1 Å². The Morgan fingerprint density at radius 1 is 1.29 bits per heavy atom. The highest BCUT2D eigenvalue weighted by molar-refractivity contribution is 7.80. The van der Waals surface area contributed by atoms with E-state index in [0.29, 0.717) is 5.11 Å². The average molecular weight is 363 g/mol. The largest absolute Gasteiger partial charge is 0.338 e. The van der Waals surface area contributed by atoms with Crippen LogP contribution in [-0.2, 0) is 6.54 Å². The number of nitro groups is 1. The van der Waals surface area contributed by atoms with Gasteiger partial charge in [0.25, 0.3) is 5.69 Å². The van der Waals surface area contributed by atoms with E-state index in [-0.39, 0.29) is 5.69 Å². The zero-order valence-corrected chi connectivity index (χ0v) is 14.7. The Morgan fingerprint density at radius 2 is 2.00 bits per heavy atom. The van der Waals surface area contributed by atoms with Crippen molar-refractivity contribution in [3.8, 4) is 0 Å². The first-order valence-electron chi connectivity index (χ1n) is 7.77. The third kappa shape index (κ3) is 4.28. The molecule has 6 nitrogen and oxygen atoms in total. The van der Waals surface area contributed by atoms with Crippen LogP contribution in [0.2, 0.25) is 0 Å². The zero-order chi connectivity index (χ0) is 16.9. The number of rotatable bonds is 4. The molecule has 1 aromatic heterocycles. The van der Waals surface area contributed by atoms with Crippen molar-refractivity contribution in [3.63, 3.8) is 0 Å². The first-order chi connectivity index (χ1) is 11.6. The van der Waals surface area contributed by atoms with E-state index in [1.165, 1.54) is 17.7 Å². The molecule has 0 aliphatic carbocycles. The summed E-state index contributed by atoms with van der Waals surface area (Å²) in [6, 6.07) is 8.51. The minimum Gasteiger partial charge on any atom is -0.338 e. The van der Waals surface area contributed by atoms with Gasteiger partial charge in [-0.15, -0.1) is 0 Å². The summed E-state index contributed by atoms with van der Waals surface area (Å²) in [7, 11) is 0. The zero-order valence-electron chi connectivity index (χ0n) is 13.1. The molecule has 1 aromatic carbocycles. The van der Waals surface area contributed by atoms with E-state index in [0.717, 1.165) is 38.4 Å². The van der Waals surface area contributed by atoms with Crippen LogP contribution in [0.5, 0.6) is 0 Å². The van der Waals surface area contributed by atoms with Crippen LogP contribution in [0.15, 0.2) is 41.1 Å². The first kappa shape index (κ1) is 16.8. The molecule has 0 bridgehead atoms. The fourth-order valence-corrected chi connectivity index (χ4v) is 3.72. The Bertz CT molecular complexity index is 695. The van der Waals surface area contributed by atoms with Gasteiger partial charge in [0.05, 0.1) is 31.1 Å². The van der Waals surface area contributed by atoms with Gasteiger partial charge in [0, 0.05) is 23.4 Å². The molecule has 0 saturated carbocycles. The van der Waals surface area contributed by atoms with E-state index in [9.17, 15) is 10.1 Å². The lowest BCUT2D eigenvalue weighted by Gasteiger charge is -2.33. The predicted molar refractivity (Wildman–Crippen MR) is 99.6 cm³/mol. The molecule has 3 rings (SSSR count). The molecule has 2 N–H and O–H groups in total. The third-order valence-electron chi connectivity index (χ3n) is 4.12. The molecule has 8 heteroatoms. The number of non-ortho nitro benzene ring substituents is 1. The maximum Gasteiger partial charge on any atom is 0.269 e. The van der Waals surface area contributed by atoms with Crippen LogP contribution in [0.3, 0.4) is 0 Å². The summed E-state index contributed by atoms with van der Waals surface area (Å²) in [5.41, 5.74) is 2.26. The summed E-state index contributed by atoms with van der Waals surface area (Å²) in [4.78, 5) is 14.0. The molecule has 126 valence electrons. The Morgan fingerprint density at radius 3 is 2.58 bits per heavy atom. The Hall–Kier alpha value is -2.03. The number of thiophene rings is 1. The Kier molecular flexibility index (Phi) is 5.39. The fraction of sp³-hybridized carbons (Fsp3) is 0.312. The number of anilines is 1. The molecule has 0 atom stereocenters. The second-order valence-electron chi connectivity index (χ2n) is 5.78. The second-order valence-corrected chi connectivity index (χ2v) is 6.95. The molecule has 0 spiro atoms. The van der Waals surface area contributed by atoms with Gasteiger partial charge >= 0.3 is 0 Å². The molecular formula is C16H19N4O2S2+. The molecular weight excluding hydrogens is 344 g/mol. The van der Waals surface area contributed by atoms with E-state index >= 15 is 0 Å². The number of nitro benzene ring substituents is 1. The van der Waals surface area contributed by atoms with Gasteiger partial charge in [-0.2, -0.15) is 11.3 Å². The summed E-state index contributed by atoms with van der Waals surface area (Å²) in [5.74, 6) is 0. The minimum absolute atomic E-state index is 0.0807. The molecule has 2 heterocycles. The van der Waals surface area contributed by atoms with Gasteiger partial charge in [-0.1, -0.05) is 0 Å². The van der Waals surface area contributed by atoms with Crippen LogP contribution in [-0.4, -0.2) is 41.1 Å². The lowest BCUT2D eigenvalue weighted by atomic mass is 10.2. The van der Waals surface area contributed by atoms with Crippen LogP contribution < -0.4 is 10.2 Å². The topological polar surface area (TPSA) is 62.9 Å². The number of hydrogen-bond acceptors (Lipinski definition) is 4. The lowest BCUT2D eigenvalue weighted by molar-refractivity contribution is -0.917. The summed E-state index contributed by atoms with van der Waals surface area (Å²) in [6.45, 7) is 5.01. The van der Waals surface area contributed by atoms with Crippen LogP contribution in [0.25, 0.3) is 0 Å². The number of nitrogens with one attached hydrogen (secondary N) is 2. The van der Waals surface area contributed by atoms with Gasteiger partial charge in [-0.25, -0.2) is 0 Å². The van der Waals surface area contributed by atoms with E-state index < -0.39 is 4.92 Å². The Labute approximate surface area is 149 Å². The van der Waals surface area contributed by atoms with E-state index in [4.69, 9.17) is 12.2 Å². The molecule has 1 fully saturated rings. The lowest BCUT2D eigenvalue weighted by Crippen LogP contribution is -3.13. The number of quaternary nitrogens is 1. The highest BCUT2D eigenvalue weighted by Gasteiger charge is 2.22. The highest BCUT2D eigenvalue weighted by Crippen LogP contribution is 2.16. The van der Waals surface area contributed by atoms with E-state index in [1.54, 1.807) is 28.4 Å². The molecule has 24 heavy (non-hydrogen) atoms. The number of nitrogens with zero attached hydrogens (tertiary/aromatic N) is 2. The van der Waals surface area contributed by atoms with Crippen LogP contribution in [0.4, 0.5) is 11.4 Å². The Balaban J connectivity index is 1.49. The standard InChI is InChI=1S/C16H18N4O2S2/c21-20(22)15-3-1-14(2-4-15)17-16(23)19-8-6-18(7-9-19)11-13-5-10-24-12-13/h1-5,10,12H,6-9,11H2,(H,17,23)/p+1. The normalized spacial score (nSPS) is 15.2. The smallest absolute Gasteiger partial charge is 0.269 e. The molecule has 1 aliphatic heterocycles. The van der Waals surface area contributed by atoms with Gasteiger partial charge in [-0.3, -0.25) is 10.1 Å². The molecule has 0 amide bonds. The van der Waals surface area contributed by atoms with Crippen molar-refractivity contribution in [3.05, 3.63) is 56.8 Å². The summed E-state index contributed by atoms with van der Waals surface area (Å²) < 4.78 is 0. The minimum atomic E-state index is -0.405. The second kappa shape index (κ2) is 7.69. The van der Waals surface area contributed by atoms with Crippen LogP contribution in [0.1, 0.15) is 5.56 Å². The summed E-state index contributed by atoms with van der Waals surface area (Å²) >= 11 is 7.21. The van der Waals surface area contributed by atoms with Crippen molar-refractivity contribution in [2.75, 3.05) is 31.5 Å². The first-order valence-corrected chi connectivity index (χ1v) is 9.12. The fourth-order valence-electron chi connectivity index (χ4n) is 2.75. The van der Waals surface area contributed by atoms with Gasteiger partial charge in [0.15, 0.2) is 5.11 Å². The average Bonchev–Trinajstić information content (AvgIpc) is 3.09. The number of piperazine rings is 1. The van der Waals surface area contributed by atoms with Crippen molar-refractivity contribution in [1.82, 2.24) is 4.90 Å². The van der Waals surface area contributed by atoms with Crippen molar-refractivity contribution in [2.45, 2.75) is 6.54 Å². The summed E-state index contributed by atoms with van der Waals surface area (Å²) in [6.07, 6.45) is 0. The molecule has 1 aliphatic rings. The van der Waals surface area contributed by atoms with E-state index in [2.05, 4.69) is 27.0 Å². The summed E-state index contributed by atoms with van der Waals surface area (Å²) in [5, 5.41) is 18.8. The SMILES string of the molecule is O=[N+]([O-])c1ccc(NC(=S)N2CC[NH+](Cc3ccsc3)CC2)cc1. The molecule has 0 unspecified atom stereocenters. The van der Waals surface area contributed by atoms with Gasteiger partial charge in [-0.05, 0) is 41.2 Å². The monoisotopic (exact) mass is 363 g/mol. The predicted octanol–water partition coefficient (Wildman–Crippen LogP) is 1.75. The van der Waals surface area contributed by atoms with Gasteiger partial charge in [0.2, 0.25) is 0 Å². The maximum absolute atomic E-state index is 10.7. The van der Waals surface area contributed by atoms with E-state index in [1.807, 2.05) is 0 Å². The van der Waals surface area contributed by atoms with Crippen molar-refractivity contribution in [2.24, 2.45) is 0 Å². The molecule has 1 saturated heterocycles.